The lowest BCUT2D eigenvalue weighted by atomic mass is 9.86. The number of hydrogen-bond acceptors (Lipinski definition) is 4. The summed E-state index contributed by atoms with van der Waals surface area (Å²) in [6.07, 6.45) is 2.92. The largest absolute Gasteiger partial charge is 0.396 e. The Balaban J connectivity index is 1.90. The van der Waals surface area contributed by atoms with Crippen molar-refractivity contribution in [3.8, 4) is 0 Å². The number of carbonyl (C=O) groups is 1. The van der Waals surface area contributed by atoms with E-state index < -0.39 is 0 Å². The molecule has 0 unspecified atom stereocenters. The number of fused-ring (bicyclic) bond motifs is 1. The van der Waals surface area contributed by atoms with E-state index in [2.05, 4.69) is 5.32 Å². The third kappa shape index (κ3) is 3.01. The predicted molar refractivity (Wildman–Crippen MR) is 92.8 cm³/mol. The van der Waals surface area contributed by atoms with E-state index in [4.69, 9.17) is 4.74 Å². The molecule has 0 aliphatic heterocycles. The van der Waals surface area contributed by atoms with Gasteiger partial charge in [-0.3, -0.25) is 4.79 Å². The van der Waals surface area contributed by atoms with Gasteiger partial charge in [0.15, 0.2) is 0 Å². The van der Waals surface area contributed by atoms with Crippen molar-refractivity contribution in [3.05, 3.63) is 34.7 Å². The Morgan fingerprint density at radius 2 is 2.26 bits per heavy atom. The van der Waals surface area contributed by atoms with Crippen LogP contribution in [0.4, 0.5) is 0 Å². The van der Waals surface area contributed by atoms with Crippen molar-refractivity contribution in [2.75, 3.05) is 13.7 Å². The van der Waals surface area contributed by atoms with Crippen LogP contribution < -0.4 is 5.32 Å². The molecule has 0 bridgehead atoms. The van der Waals surface area contributed by atoms with Gasteiger partial charge >= 0.3 is 0 Å². The van der Waals surface area contributed by atoms with Gasteiger partial charge in [-0.25, -0.2) is 0 Å². The highest BCUT2D eigenvalue weighted by Crippen LogP contribution is 2.38. The molecular weight excluding hydrogens is 310 g/mol. The van der Waals surface area contributed by atoms with Crippen molar-refractivity contribution < 1.29 is 14.6 Å². The maximum absolute atomic E-state index is 12.8. The molecule has 5 heteroatoms. The zero-order valence-electron chi connectivity index (χ0n) is 13.6. The number of carbonyl (C=O) groups excluding carboxylic acids is 1. The van der Waals surface area contributed by atoms with Gasteiger partial charge in [0.1, 0.15) is 0 Å². The topological polar surface area (TPSA) is 58.6 Å². The monoisotopic (exact) mass is 333 g/mol. The van der Waals surface area contributed by atoms with Crippen LogP contribution in [0.1, 0.15) is 41.4 Å². The average Bonchev–Trinajstić information content (AvgIpc) is 3.10. The molecule has 1 saturated carbocycles. The molecule has 1 heterocycles. The molecule has 2 atom stereocenters. The molecule has 23 heavy (non-hydrogen) atoms. The van der Waals surface area contributed by atoms with E-state index in [9.17, 15) is 9.90 Å². The van der Waals surface area contributed by atoms with Crippen LogP contribution in [0.5, 0.6) is 0 Å². The molecule has 1 aromatic carbocycles. The number of thiophene rings is 1. The molecule has 1 fully saturated rings. The molecule has 0 saturated heterocycles. The van der Waals surface area contributed by atoms with Crippen molar-refractivity contribution in [3.63, 3.8) is 0 Å². The quantitative estimate of drug-likeness (QED) is 0.882. The van der Waals surface area contributed by atoms with Gasteiger partial charge in [-0.05, 0) is 24.3 Å². The molecule has 4 nitrogen and oxygen atoms in total. The van der Waals surface area contributed by atoms with Gasteiger partial charge in [-0.2, -0.15) is 0 Å². The molecule has 0 radical (unpaired) electrons. The maximum atomic E-state index is 12.8. The lowest BCUT2D eigenvalue weighted by molar-refractivity contribution is 0.0831. The summed E-state index contributed by atoms with van der Waals surface area (Å²) in [4.78, 5) is 13.6. The number of aliphatic hydroxyl groups is 1. The van der Waals surface area contributed by atoms with Gasteiger partial charge in [-0.1, -0.05) is 31.5 Å². The van der Waals surface area contributed by atoms with Crippen LogP contribution in [-0.2, 0) is 11.3 Å². The number of hydrogen-bond donors (Lipinski definition) is 2. The highest BCUT2D eigenvalue weighted by molar-refractivity contribution is 7.21. The molecule has 1 aliphatic carbocycles. The third-order valence-corrected chi connectivity index (χ3v) is 6.15. The van der Waals surface area contributed by atoms with Gasteiger partial charge < -0.3 is 15.2 Å². The first-order valence-corrected chi connectivity index (χ1v) is 8.82. The number of aliphatic hydroxyl groups excluding tert-OH is 1. The highest BCUT2D eigenvalue weighted by Gasteiger charge is 2.39. The maximum Gasteiger partial charge on any atom is 0.262 e. The first kappa shape index (κ1) is 16.4. The normalized spacial score (nSPS) is 24.2. The molecule has 1 aromatic heterocycles. The van der Waals surface area contributed by atoms with Crippen molar-refractivity contribution >= 4 is 27.3 Å². The number of nitrogens with one attached hydrogen (secondary N) is 1. The fourth-order valence-electron chi connectivity index (χ4n) is 3.46. The van der Waals surface area contributed by atoms with Crippen molar-refractivity contribution in [1.82, 2.24) is 5.32 Å². The Bertz CT molecular complexity index is 711. The SMILES string of the molecule is COCc1c(C(=O)N[C@@H]2CCC[C@@]2(C)CO)sc2ccccc12. The minimum atomic E-state index is -0.215. The fourth-order valence-corrected chi connectivity index (χ4v) is 4.57. The minimum Gasteiger partial charge on any atom is -0.396 e. The van der Waals surface area contributed by atoms with Gasteiger partial charge in [0.2, 0.25) is 0 Å². The molecule has 0 spiro atoms. The van der Waals surface area contributed by atoms with Crippen molar-refractivity contribution in [2.45, 2.75) is 38.8 Å². The van der Waals surface area contributed by atoms with E-state index in [1.54, 1.807) is 7.11 Å². The zero-order chi connectivity index (χ0) is 16.4. The van der Waals surface area contributed by atoms with E-state index >= 15 is 0 Å². The van der Waals surface area contributed by atoms with Crippen LogP contribution in [0.3, 0.4) is 0 Å². The summed E-state index contributed by atoms with van der Waals surface area (Å²) in [5, 5.41) is 13.9. The summed E-state index contributed by atoms with van der Waals surface area (Å²) in [5.74, 6) is -0.0511. The van der Waals surface area contributed by atoms with Gasteiger partial charge in [-0.15, -0.1) is 11.3 Å². The van der Waals surface area contributed by atoms with E-state index in [0.29, 0.717) is 6.61 Å². The average molecular weight is 333 g/mol. The first-order chi connectivity index (χ1) is 11.1. The van der Waals surface area contributed by atoms with Crippen molar-refractivity contribution in [2.24, 2.45) is 5.41 Å². The van der Waals surface area contributed by atoms with Gasteiger partial charge in [0.25, 0.3) is 5.91 Å². The van der Waals surface area contributed by atoms with Gasteiger partial charge in [0, 0.05) is 28.8 Å². The molecule has 3 rings (SSSR count). The molecule has 124 valence electrons. The fraction of sp³-hybridized carbons (Fsp3) is 0.500. The molecular formula is C18H23NO3S. The Morgan fingerprint density at radius 3 is 3.00 bits per heavy atom. The standard InChI is InChI=1S/C18H23NO3S/c1-18(11-20)9-5-8-15(18)19-17(21)16-13(10-22-2)12-6-3-4-7-14(12)23-16/h3-4,6-7,15,20H,5,8-11H2,1-2H3,(H,19,21)/t15-,18+/m1/s1. The smallest absolute Gasteiger partial charge is 0.262 e. The minimum absolute atomic E-state index is 0.0283. The van der Waals surface area contributed by atoms with E-state index in [0.717, 1.165) is 39.8 Å². The van der Waals surface area contributed by atoms with Crippen molar-refractivity contribution in [1.29, 1.82) is 0 Å². The number of rotatable bonds is 5. The number of ether oxygens (including phenoxy) is 1. The Hall–Kier alpha value is -1.43. The second-order valence-electron chi connectivity index (χ2n) is 6.57. The predicted octanol–water partition coefficient (Wildman–Crippen LogP) is 3.33. The summed E-state index contributed by atoms with van der Waals surface area (Å²) in [5.41, 5.74) is 0.739. The second kappa shape index (κ2) is 6.59. The zero-order valence-corrected chi connectivity index (χ0v) is 14.4. The number of amides is 1. The highest BCUT2D eigenvalue weighted by atomic mass is 32.1. The third-order valence-electron chi connectivity index (χ3n) is 4.94. The van der Waals surface area contributed by atoms with Crippen LogP contribution in [0, 0.1) is 5.41 Å². The summed E-state index contributed by atoms with van der Waals surface area (Å²) in [6.45, 7) is 2.58. The van der Waals surface area contributed by atoms with E-state index in [-0.39, 0.29) is 24.0 Å². The number of methoxy groups -OCH3 is 1. The van der Waals surface area contributed by atoms with E-state index in [1.165, 1.54) is 11.3 Å². The summed E-state index contributed by atoms with van der Waals surface area (Å²) < 4.78 is 6.40. The van der Waals surface area contributed by atoms with Crippen LogP contribution in [0.15, 0.2) is 24.3 Å². The lowest BCUT2D eigenvalue weighted by Gasteiger charge is -2.30. The van der Waals surface area contributed by atoms with Crippen LogP contribution in [-0.4, -0.2) is 30.8 Å². The summed E-state index contributed by atoms with van der Waals surface area (Å²) in [7, 11) is 1.65. The Labute approximate surface area is 140 Å². The second-order valence-corrected chi connectivity index (χ2v) is 7.62. The molecule has 2 N–H and O–H groups in total. The van der Waals surface area contributed by atoms with Crippen LogP contribution in [0.25, 0.3) is 10.1 Å². The molecule has 1 aliphatic rings. The van der Waals surface area contributed by atoms with Crippen LogP contribution >= 0.6 is 11.3 Å². The first-order valence-electron chi connectivity index (χ1n) is 8.00. The lowest BCUT2D eigenvalue weighted by Crippen LogP contribution is -2.44. The van der Waals surface area contributed by atoms with E-state index in [1.807, 2.05) is 31.2 Å². The van der Waals surface area contributed by atoms with Gasteiger partial charge in [0.05, 0.1) is 18.1 Å². The Kier molecular flexibility index (Phi) is 4.71. The summed E-state index contributed by atoms with van der Waals surface area (Å²) in [6, 6.07) is 8.06. The molecule has 2 aromatic rings. The van der Waals surface area contributed by atoms with Crippen LogP contribution in [0.2, 0.25) is 0 Å². The Morgan fingerprint density at radius 1 is 1.48 bits per heavy atom. The summed E-state index contributed by atoms with van der Waals surface area (Å²) >= 11 is 1.51. The molecule has 1 amide bonds. The number of benzene rings is 1.